The third kappa shape index (κ3) is 7.06. The maximum Gasteiger partial charge on any atom is 0.119 e. The zero-order valence-corrected chi connectivity index (χ0v) is 20.0. The van der Waals surface area contributed by atoms with E-state index in [0.29, 0.717) is 10.9 Å². The number of aromatic nitrogens is 1. The van der Waals surface area contributed by atoms with E-state index >= 15 is 0 Å². The number of hydrogen-bond donors (Lipinski definition) is 1. The van der Waals surface area contributed by atoms with Gasteiger partial charge in [0.25, 0.3) is 0 Å². The highest BCUT2D eigenvalue weighted by atomic mass is 35.5. The fourth-order valence-corrected chi connectivity index (χ4v) is 5.05. The Morgan fingerprint density at radius 3 is 2.68 bits per heavy atom. The molecule has 1 aliphatic rings. The van der Waals surface area contributed by atoms with Gasteiger partial charge >= 0.3 is 0 Å². The molecule has 0 amide bonds. The summed E-state index contributed by atoms with van der Waals surface area (Å²) in [6.07, 6.45) is 13.1. The number of fused-ring (bicyclic) bond motifs is 1. The number of nitrogens with zero attached hydrogens (tertiary/aromatic N) is 2. The van der Waals surface area contributed by atoms with Crippen LogP contribution in [0.5, 0.6) is 5.75 Å². The molecule has 1 aromatic heterocycles. The first-order valence-corrected chi connectivity index (χ1v) is 12.5. The number of likely N-dealkylation sites (tertiary alicyclic amines) is 1. The van der Waals surface area contributed by atoms with Crippen LogP contribution in [-0.2, 0) is 6.42 Å². The molecule has 0 bridgehead atoms. The molecule has 3 rings (SSSR count). The number of aliphatic hydroxyl groups excluding tert-OH is 1. The Morgan fingerprint density at radius 1 is 1.16 bits per heavy atom. The average molecular weight is 447 g/mol. The van der Waals surface area contributed by atoms with Crippen molar-refractivity contribution < 1.29 is 9.84 Å². The maximum atomic E-state index is 10.8. The lowest BCUT2D eigenvalue weighted by molar-refractivity contribution is 0.0520. The summed E-state index contributed by atoms with van der Waals surface area (Å²) in [5.74, 6) is 1.25. The van der Waals surface area contributed by atoms with E-state index in [1.807, 2.05) is 18.2 Å². The quantitative estimate of drug-likeness (QED) is 0.390. The summed E-state index contributed by atoms with van der Waals surface area (Å²) in [7, 11) is 1.67. The monoisotopic (exact) mass is 446 g/mol. The van der Waals surface area contributed by atoms with Crippen molar-refractivity contribution in [3.63, 3.8) is 0 Å². The van der Waals surface area contributed by atoms with Gasteiger partial charge in [-0.2, -0.15) is 0 Å². The van der Waals surface area contributed by atoms with Gasteiger partial charge in [0.1, 0.15) is 5.75 Å². The van der Waals surface area contributed by atoms with Crippen molar-refractivity contribution in [1.29, 1.82) is 0 Å². The topological polar surface area (TPSA) is 45.6 Å². The molecular formula is C26H39ClN2O2. The summed E-state index contributed by atoms with van der Waals surface area (Å²) in [4.78, 5) is 7.02. The number of rotatable bonds is 12. The highest BCUT2D eigenvalue weighted by molar-refractivity contribution is 6.32. The number of methoxy groups -OCH3 is 1. The summed E-state index contributed by atoms with van der Waals surface area (Å²) >= 11 is 6.48. The van der Waals surface area contributed by atoms with E-state index in [2.05, 4.69) is 16.8 Å². The van der Waals surface area contributed by atoms with Crippen molar-refractivity contribution in [2.45, 2.75) is 77.2 Å². The number of piperidine rings is 1. The van der Waals surface area contributed by atoms with Crippen LogP contribution in [0.25, 0.3) is 10.9 Å². The molecule has 1 fully saturated rings. The van der Waals surface area contributed by atoms with Gasteiger partial charge in [0.05, 0.1) is 23.8 Å². The fourth-order valence-electron chi connectivity index (χ4n) is 4.81. The number of pyridine rings is 1. The lowest BCUT2D eigenvalue weighted by Gasteiger charge is -2.34. The minimum Gasteiger partial charge on any atom is -0.497 e. The van der Waals surface area contributed by atoms with Crippen LogP contribution in [0, 0.1) is 5.92 Å². The SMILES string of the molecule is CCCCCCCN1CCC(C(O)CCCc2c(Cl)cnc3ccc(OC)cc23)CC1. The minimum absolute atomic E-state index is 0.215. The first kappa shape index (κ1) is 24.3. The maximum absolute atomic E-state index is 10.8. The molecule has 5 heteroatoms. The van der Waals surface area contributed by atoms with E-state index in [4.69, 9.17) is 16.3 Å². The van der Waals surface area contributed by atoms with Gasteiger partial charge in [0.15, 0.2) is 0 Å². The lowest BCUT2D eigenvalue weighted by atomic mass is 9.88. The lowest BCUT2D eigenvalue weighted by Crippen LogP contribution is -2.38. The van der Waals surface area contributed by atoms with Gasteiger partial charge in [-0.05, 0) is 87.8 Å². The van der Waals surface area contributed by atoms with Crippen LogP contribution < -0.4 is 4.74 Å². The predicted molar refractivity (Wildman–Crippen MR) is 130 cm³/mol. The smallest absolute Gasteiger partial charge is 0.119 e. The molecule has 2 aromatic rings. The normalized spacial score (nSPS) is 16.6. The molecular weight excluding hydrogens is 408 g/mol. The molecule has 31 heavy (non-hydrogen) atoms. The van der Waals surface area contributed by atoms with Crippen molar-refractivity contribution in [3.05, 3.63) is 35.0 Å². The Labute approximate surface area is 193 Å². The van der Waals surface area contributed by atoms with Gasteiger partial charge in [-0.25, -0.2) is 0 Å². The molecule has 172 valence electrons. The van der Waals surface area contributed by atoms with Crippen LogP contribution in [-0.4, -0.2) is 47.8 Å². The van der Waals surface area contributed by atoms with Crippen LogP contribution in [0.1, 0.15) is 70.3 Å². The first-order valence-electron chi connectivity index (χ1n) is 12.1. The molecule has 1 aliphatic heterocycles. The Morgan fingerprint density at radius 2 is 1.94 bits per heavy atom. The number of hydrogen-bond acceptors (Lipinski definition) is 4. The second kappa shape index (κ2) is 12.6. The largest absolute Gasteiger partial charge is 0.497 e. The van der Waals surface area contributed by atoms with Crippen molar-refractivity contribution in [2.24, 2.45) is 5.92 Å². The number of unbranched alkanes of at least 4 members (excludes halogenated alkanes) is 4. The molecule has 1 atom stereocenters. The Hall–Kier alpha value is -1.36. The zero-order chi connectivity index (χ0) is 22.1. The fraction of sp³-hybridized carbons (Fsp3) is 0.654. The van der Waals surface area contributed by atoms with E-state index in [9.17, 15) is 5.11 Å². The summed E-state index contributed by atoms with van der Waals surface area (Å²) in [5.41, 5.74) is 2.04. The standard InChI is InChI=1S/C26H39ClN2O2/c1-3-4-5-6-7-15-29-16-13-20(14-17-29)26(30)10-8-9-22-23-18-21(31-2)11-12-25(23)28-19-24(22)27/h11-12,18-20,26,30H,3-10,13-17H2,1-2H3. The van der Waals surface area contributed by atoms with Crippen molar-refractivity contribution in [1.82, 2.24) is 9.88 Å². The van der Waals surface area contributed by atoms with Crippen molar-refractivity contribution in [2.75, 3.05) is 26.7 Å². The van der Waals surface area contributed by atoms with Gasteiger partial charge in [0.2, 0.25) is 0 Å². The van der Waals surface area contributed by atoms with E-state index < -0.39 is 0 Å². The highest BCUT2D eigenvalue weighted by Gasteiger charge is 2.24. The molecule has 1 saturated heterocycles. The third-order valence-corrected chi connectivity index (χ3v) is 7.14. The first-order chi connectivity index (χ1) is 15.1. The number of aryl methyl sites for hydroxylation is 1. The van der Waals surface area contributed by atoms with E-state index in [0.717, 1.165) is 67.4 Å². The van der Waals surface area contributed by atoms with Crippen molar-refractivity contribution >= 4 is 22.5 Å². The van der Waals surface area contributed by atoms with E-state index in [1.54, 1.807) is 13.3 Å². The average Bonchev–Trinajstić information content (AvgIpc) is 2.80. The molecule has 1 N–H and O–H groups in total. The molecule has 0 radical (unpaired) electrons. The van der Waals surface area contributed by atoms with Crippen LogP contribution in [0.4, 0.5) is 0 Å². The molecule has 4 nitrogen and oxygen atoms in total. The number of benzene rings is 1. The molecule has 0 saturated carbocycles. The van der Waals surface area contributed by atoms with Crippen molar-refractivity contribution in [3.8, 4) is 5.75 Å². The molecule has 2 heterocycles. The Balaban J connectivity index is 1.44. The minimum atomic E-state index is -0.215. The van der Waals surface area contributed by atoms with Gasteiger partial charge in [-0.3, -0.25) is 4.98 Å². The molecule has 1 unspecified atom stereocenters. The number of halogens is 1. The molecule has 0 aliphatic carbocycles. The van der Waals surface area contributed by atoms with Crippen LogP contribution in [0.15, 0.2) is 24.4 Å². The summed E-state index contributed by atoms with van der Waals surface area (Å²) < 4.78 is 5.37. The predicted octanol–water partition coefficient (Wildman–Crippen LogP) is 6.26. The second-order valence-electron chi connectivity index (χ2n) is 9.02. The Kier molecular flexibility index (Phi) is 9.89. The highest BCUT2D eigenvalue weighted by Crippen LogP contribution is 2.30. The van der Waals surface area contributed by atoms with Gasteiger partial charge in [-0.15, -0.1) is 0 Å². The number of aliphatic hydroxyl groups is 1. The van der Waals surface area contributed by atoms with Crippen LogP contribution >= 0.6 is 11.6 Å². The van der Waals surface area contributed by atoms with Gasteiger partial charge in [-0.1, -0.05) is 44.2 Å². The second-order valence-corrected chi connectivity index (χ2v) is 9.43. The molecule has 0 spiro atoms. The third-order valence-electron chi connectivity index (χ3n) is 6.82. The molecule has 1 aromatic carbocycles. The van der Waals surface area contributed by atoms with Gasteiger partial charge in [0, 0.05) is 11.6 Å². The number of ether oxygens (including phenoxy) is 1. The Bertz CT molecular complexity index is 805. The summed E-state index contributed by atoms with van der Waals surface area (Å²) in [6.45, 7) is 5.76. The van der Waals surface area contributed by atoms with Crippen LogP contribution in [0.3, 0.4) is 0 Å². The van der Waals surface area contributed by atoms with Crippen LogP contribution in [0.2, 0.25) is 5.02 Å². The van der Waals surface area contributed by atoms with Gasteiger partial charge < -0.3 is 14.7 Å². The van der Waals surface area contributed by atoms with E-state index in [-0.39, 0.29) is 6.10 Å². The summed E-state index contributed by atoms with van der Waals surface area (Å²) in [5, 5.41) is 12.5. The summed E-state index contributed by atoms with van der Waals surface area (Å²) in [6, 6.07) is 5.91. The zero-order valence-electron chi connectivity index (χ0n) is 19.3. The van der Waals surface area contributed by atoms with E-state index in [1.165, 1.54) is 38.6 Å².